The number of nitrogen functional groups attached to an aromatic ring is 1. The molecule has 0 aliphatic rings. The summed E-state index contributed by atoms with van der Waals surface area (Å²) in [5.74, 6) is -0.417. The maximum Gasteiger partial charge on any atom is 0.315 e. The molecule has 2 rings (SSSR count). The molecule has 0 unspecified atom stereocenters. The van der Waals surface area contributed by atoms with Gasteiger partial charge in [-0.3, -0.25) is 10.1 Å². The van der Waals surface area contributed by atoms with Gasteiger partial charge in [0.05, 0.1) is 4.92 Å². The van der Waals surface area contributed by atoms with E-state index in [4.69, 9.17) is 5.73 Å². The Labute approximate surface area is 109 Å². The van der Waals surface area contributed by atoms with Crippen LogP contribution in [0.25, 0.3) is 0 Å². The number of benzene rings is 2. The van der Waals surface area contributed by atoms with E-state index in [-0.39, 0.29) is 17.1 Å². The van der Waals surface area contributed by atoms with Gasteiger partial charge >= 0.3 is 5.69 Å². The first kappa shape index (κ1) is 12.8. The maximum absolute atomic E-state index is 13.2. The third-order valence-electron chi connectivity index (χ3n) is 2.72. The molecule has 0 saturated heterocycles. The molecule has 5 nitrogen and oxygen atoms in total. The van der Waals surface area contributed by atoms with Crippen LogP contribution in [0.1, 0.15) is 5.56 Å². The van der Waals surface area contributed by atoms with Crippen LogP contribution in [0.3, 0.4) is 0 Å². The Hall–Kier alpha value is -2.63. The average Bonchev–Trinajstić information content (AvgIpc) is 2.33. The van der Waals surface area contributed by atoms with Crippen LogP contribution in [0.2, 0.25) is 0 Å². The third-order valence-corrected chi connectivity index (χ3v) is 2.72. The highest BCUT2D eigenvalue weighted by atomic mass is 19.1. The summed E-state index contributed by atoms with van der Waals surface area (Å²) in [5.41, 5.74) is 6.91. The Balaban J connectivity index is 2.46. The first-order chi connectivity index (χ1) is 8.99. The Kier molecular flexibility index (Phi) is 3.33. The van der Waals surface area contributed by atoms with Crippen LogP contribution in [0.15, 0.2) is 36.4 Å². The quantitative estimate of drug-likeness (QED) is 0.504. The van der Waals surface area contributed by atoms with E-state index >= 15 is 0 Å². The van der Waals surface area contributed by atoms with Crippen molar-refractivity contribution in [1.29, 1.82) is 0 Å². The molecular formula is C13H12FN3O2. The van der Waals surface area contributed by atoms with Gasteiger partial charge in [-0.2, -0.15) is 0 Å². The molecule has 98 valence electrons. The topological polar surface area (TPSA) is 81.2 Å². The van der Waals surface area contributed by atoms with Gasteiger partial charge in [-0.1, -0.05) is 12.1 Å². The van der Waals surface area contributed by atoms with Crippen LogP contribution in [0.4, 0.5) is 27.1 Å². The van der Waals surface area contributed by atoms with Crippen LogP contribution in [-0.2, 0) is 0 Å². The van der Waals surface area contributed by atoms with Gasteiger partial charge in [0.25, 0.3) is 0 Å². The number of nitrogens with zero attached hydrogens (tertiary/aromatic N) is 1. The maximum atomic E-state index is 13.2. The highest BCUT2D eigenvalue weighted by Gasteiger charge is 2.18. The Morgan fingerprint density at radius 2 is 2.00 bits per heavy atom. The fourth-order valence-corrected chi connectivity index (χ4v) is 1.74. The summed E-state index contributed by atoms with van der Waals surface area (Å²) in [6.45, 7) is 1.78. The van der Waals surface area contributed by atoms with Gasteiger partial charge in [-0.15, -0.1) is 0 Å². The number of nitro benzene ring substituents is 1. The van der Waals surface area contributed by atoms with E-state index in [1.807, 2.05) is 0 Å². The number of nitrogens with one attached hydrogen (secondary N) is 1. The Bertz CT molecular complexity index is 644. The van der Waals surface area contributed by atoms with Gasteiger partial charge in [0, 0.05) is 5.69 Å². The molecular weight excluding hydrogens is 249 g/mol. The van der Waals surface area contributed by atoms with E-state index in [2.05, 4.69) is 5.32 Å². The lowest BCUT2D eigenvalue weighted by molar-refractivity contribution is -0.383. The van der Waals surface area contributed by atoms with Crippen molar-refractivity contribution >= 4 is 22.7 Å². The second-order valence-corrected chi connectivity index (χ2v) is 4.08. The molecule has 0 bridgehead atoms. The summed E-state index contributed by atoms with van der Waals surface area (Å²) >= 11 is 0. The van der Waals surface area contributed by atoms with Gasteiger partial charge in [0.1, 0.15) is 17.2 Å². The lowest BCUT2D eigenvalue weighted by atomic mass is 10.1. The number of para-hydroxylation sites is 1. The number of anilines is 3. The van der Waals surface area contributed by atoms with Crippen molar-refractivity contribution < 1.29 is 9.31 Å². The summed E-state index contributed by atoms with van der Waals surface area (Å²) in [6.07, 6.45) is 0. The number of halogens is 1. The summed E-state index contributed by atoms with van der Waals surface area (Å²) in [4.78, 5) is 10.4. The van der Waals surface area contributed by atoms with Crippen molar-refractivity contribution in [2.75, 3.05) is 11.1 Å². The van der Waals surface area contributed by atoms with E-state index in [0.29, 0.717) is 5.69 Å². The third kappa shape index (κ3) is 2.62. The van der Waals surface area contributed by atoms with E-state index in [1.165, 1.54) is 24.3 Å². The normalized spacial score (nSPS) is 10.2. The van der Waals surface area contributed by atoms with Crippen molar-refractivity contribution in [3.05, 3.63) is 57.9 Å². The van der Waals surface area contributed by atoms with Gasteiger partial charge in [0.15, 0.2) is 0 Å². The molecule has 0 heterocycles. The first-order valence-corrected chi connectivity index (χ1v) is 5.55. The smallest absolute Gasteiger partial charge is 0.315 e. The van der Waals surface area contributed by atoms with E-state index in [9.17, 15) is 14.5 Å². The molecule has 0 aromatic heterocycles. The minimum Gasteiger partial charge on any atom is -0.393 e. The lowest BCUT2D eigenvalue weighted by Crippen LogP contribution is -2.02. The summed E-state index contributed by atoms with van der Waals surface area (Å²) < 4.78 is 13.2. The zero-order chi connectivity index (χ0) is 14.0. The van der Waals surface area contributed by atoms with Crippen molar-refractivity contribution in [2.45, 2.75) is 6.92 Å². The van der Waals surface area contributed by atoms with E-state index in [0.717, 1.165) is 5.56 Å². The Morgan fingerprint density at radius 3 is 2.68 bits per heavy atom. The predicted molar refractivity (Wildman–Crippen MR) is 71.9 cm³/mol. The summed E-state index contributed by atoms with van der Waals surface area (Å²) in [5, 5.41) is 13.8. The number of nitro groups is 1. The minimum atomic E-state index is -0.563. The van der Waals surface area contributed by atoms with E-state index in [1.54, 1.807) is 19.1 Å². The van der Waals surface area contributed by atoms with Gasteiger partial charge in [-0.25, -0.2) is 4.39 Å². The number of rotatable bonds is 3. The standard InChI is InChI=1S/C13H12FN3O2/c1-8-5-6-9(14)7-12(8)16-11-4-2-3-10(15)13(11)17(18)19/h2-7,16H,15H2,1H3. The van der Waals surface area contributed by atoms with Crippen LogP contribution in [-0.4, -0.2) is 4.92 Å². The molecule has 0 fully saturated rings. The highest BCUT2D eigenvalue weighted by molar-refractivity contribution is 5.78. The molecule has 2 aromatic rings. The summed E-state index contributed by atoms with van der Waals surface area (Å²) in [6, 6.07) is 8.77. The second-order valence-electron chi connectivity index (χ2n) is 4.08. The van der Waals surface area contributed by atoms with Crippen LogP contribution in [0.5, 0.6) is 0 Å². The van der Waals surface area contributed by atoms with Gasteiger partial charge in [-0.05, 0) is 36.8 Å². The van der Waals surface area contributed by atoms with Crippen LogP contribution >= 0.6 is 0 Å². The highest BCUT2D eigenvalue weighted by Crippen LogP contribution is 2.33. The average molecular weight is 261 g/mol. The van der Waals surface area contributed by atoms with Crippen LogP contribution in [0, 0.1) is 22.9 Å². The number of aryl methyl sites for hydroxylation is 1. The van der Waals surface area contributed by atoms with Crippen molar-refractivity contribution in [1.82, 2.24) is 0 Å². The van der Waals surface area contributed by atoms with E-state index < -0.39 is 10.7 Å². The monoisotopic (exact) mass is 261 g/mol. The molecule has 2 aromatic carbocycles. The largest absolute Gasteiger partial charge is 0.393 e. The molecule has 19 heavy (non-hydrogen) atoms. The molecule has 0 aliphatic heterocycles. The second kappa shape index (κ2) is 4.93. The fourth-order valence-electron chi connectivity index (χ4n) is 1.74. The fraction of sp³-hybridized carbons (Fsp3) is 0.0769. The van der Waals surface area contributed by atoms with Gasteiger partial charge < -0.3 is 11.1 Å². The van der Waals surface area contributed by atoms with Gasteiger partial charge in [0.2, 0.25) is 0 Å². The summed E-state index contributed by atoms with van der Waals surface area (Å²) in [7, 11) is 0. The Morgan fingerprint density at radius 1 is 1.26 bits per heavy atom. The van der Waals surface area contributed by atoms with Crippen molar-refractivity contribution in [3.8, 4) is 0 Å². The van der Waals surface area contributed by atoms with Crippen molar-refractivity contribution in [3.63, 3.8) is 0 Å². The lowest BCUT2D eigenvalue weighted by Gasteiger charge is -2.10. The molecule has 0 amide bonds. The zero-order valence-electron chi connectivity index (χ0n) is 10.2. The molecule has 0 spiro atoms. The molecule has 0 radical (unpaired) electrons. The predicted octanol–water partition coefficient (Wildman–Crippen LogP) is 3.37. The first-order valence-electron chi connectivity index (χ1n) is 5.55. The SMILES string of the molecule is Cc1ccc(F)cc1Nc1cccc(N)c1[N+](=O)[O-]. The minimum absolute atomic E-state index is 0.0593. The zero-order valence-corrected chi connectivity index (χ0v) is 10.2. The number of nitrogens with two attached hydrogens (primary N) is 1. The number of hydrogen-bond donors (Lipinski definition) is 2. The molecule has 0 saturated carbocycles. The molecule has 3 N–H and O–H groups in total. The van der Waals surface area contributed by atoms with Crippen LogP contribution < -0.4 is 11.1 Å². The molecule has 0 aliphatic carbocycles. The van der Waals surface area contributed by atoms with Crippen molar-refractivity contribution in [2.24, 2.45) is 0 Å². The molecule has 6 heteroatoms. The number of hydrogen-bond acceptors (Lipinski definition) is 4. The molecule has 0 atom stereocenters.